The molecule has 3 N–H and O–H groups in total. The second kappa shape index (κ2) is 6.04. The lowest BCUT2D eigenvalue weighted by Crippen LogP contribution is -2.33. The van der Waals surface area contributed by atoms with Gasteiger partial charge >= 0.3 is 5.97 Å². The van der Waals surface area contributed by atoms with E-state index in [4.69, 9.17) is 9.66 Å². The van der Waals surface area contributed by atoms with Crippen LogP contribution in [0.4, 0.5) is 0 Å². The normalized spacial score (nSPS) is 15.9. The summed E-state index contributed by atoms with van der Waals surface area (Å²) in [6, 6.07) is -0.0992. The van der Waals surface area contributed by atoms with E-state index in [1.165, 1.54) is 0 Å². The Bertz CT molecular complexity index is 300. The highest BCUT2D eigenvalue weighted by atomic mass is 32.2. The minimum absolute atomic E-state index is 0.0992. The third kappa shape index (κ3) is 9.64. The Morgan fingerprint density at radius 2 is 1.93 bits per heavy atom. The molecule has 0 bridgehead atoms. The zero-order valence-corrected chi connectivity index (χ0v) is 9.62. The quantitative estimate of drug-likeness (QED) is 0.539. The molecule has 0 fully saturated rings. The molecule has 0 aliphatic rings. The minimum Gasteiger partial charge on any atom is -0.480 e. The first-order chi connectivity index (χ1) is 6.70. The molecular formula is C8H17NO5S. The van der Waals surface area contributed by atoms with Crippen molar-refractivity contribution < 1.29 is 22.9 Å². The molecule has 0 saturated carbocycles. The highest BCUT2D eigenvalue weighted by Crippen LogP contribution is 2.08. The lowest BCUT2D eigenvalue weighted by molar-refractivity contribution is -0.136. The Morgan fingerprint density at radius 3 is 2.33 bits per heavy atom. The van der Waals surface area contributed by atoms with Gasteiger partial charge in [-0.25, -0.2) is 0 Å². The number of carbonyl (C=O) groups is 1. The van der Waals surface area contributed by atoms with Gasteiger partial charge in [-0.3, -0.25) is 9.35 Å². The van der Waals surface area contributed by atoms with Crippen LogP contribution in [-0.4, -0.2) is 42.4 Å². The molecule has 0 spiro atoms. The Morgan fingerprint density at radius 1 is 1.40 bits per heavy atom. The van der Waals surface area contributed by atoms with Gasteiger partial charge in [-0.2, -0.15) is 8.42 Å². The van der Waals surface area contributed by atoms with E-state index in [0.29, 0.717) is 6.42 Å². The van der Waals surface area contributed by atoms with Gasteiger partial charge in [0.1, 0.15) is 0 Å². The standard InChI is InChI=1S/C8H17NO5S/c1-6(5-15(12,13)14)3-7(2)9-4-8(10)11/h6-7,9H,3-5H2,1-2H3,(H,10,11)(H,12,13,14). The van der Waals surface area contributed by atoms with Crippen LogP contribution < -0.4 is 5.32 Å². The summed E-state index contributed by atoms with van der Waals surface area (Å²) in [5.41, 5.74) is 0. The Kier molecular flexibility index (Phi) is 5.77. The van der Waals surface area contributed by atoms with Gasteiger partial charge in [0.2, 0.25) is 0 Å². The van der Waals surface area contributed by atoms with Gasteiger partial charge < -0.3 is 10.4 Å². The molecule has 0 rings (SSSR count). The first-order valence-corrected chi connectivity index (χ1v) is 6.22. The number of carboxylic acid groups (broad SMARTS) is 1. The number of hydrogen-bond donors (Lipinski definition) is 3. The summed E-state index contributed by atoms with van der Waals surface area (Å²) < 4.78 is 29.6. The van der Waals surface area contributed by atoms with Gasteiger partial charge in [0.15, 0.2) is 0 Å². The lowest BCUT2D eigenvalue weighted by atomic mass is 10.1. The SMILES string of the molecule is CC(CC(C)NCC(=O)O)CS(=O)(=O)O. The van der Waals surface area contributed by atoms with E-state index in [1.54, 1.807) is 13.8 Å². The van der Waals surface area contributed by atoms with Crippen molar-refractivity contribution in [2.75, 3.05) is 12.3 Å². The van der Waals surface area contributed by atoms with E-state index in [0.717, 1.165) is 0 Å². The lowest BCUT2D eigenvalue weighted by Gasteiger charge is -2.16. The predicted octanol–water partition coefficient (Wildman–Crippen LogP) is -0.0369. The van der Waals surface area contributed by atoms with E-state index in [-0.39, 0.29) is 24.3 Å². The van der Waals surface area contributed by atoms with Gasteiger partial charge in [-0.1, -0.05) is 6.92 Å². The maximum absolute atomic E-state index is 10.5. The average Bonchev–Trinajstić information content (AvgIpc) is 1.96. The molecule has 7 heteroatoms. The van der Waals surface area contributed by atoms with Crippen LogP contribution in [0.15, 0.2) is 0 Å². The third-order valence-corrected chi connectivity index (χ3v) is 2.84. The number of carboxylic acids is 1. The predicted molar refractivity (Wildman–Crippen MR) is 55.3 cm³/mol. The highest BCUT2D eigenvalue weighted by molar-refractivity contribution is 7.85. The molecular weight excluding hydrogens is 222 g/mol. The van der Waals surface area contributed by atoms with Gasteiger partial charge in [0, 0.05) is 6.04 Å². The molecule has 15 heavy (non-hydrogen) atoms. The fourth-order valence-electron chi connectivity index (χ4n) is 1.38. The van der Waals surface area contributed by atoms with Crippen molar-refractivity contribution in [3.63, 3.8) is 0 Å². The van der Waals surface area contributed by atoms with Crippen molar-refractivity contribution in [3.8, 4) is 0 Å². The molecule has 0 amide bonds. The van der Waals surface area contributed by atoms with E-state index in [9.17, 15) is 13.2 Å². The van der Waals surface area contributed by atoms with Crippen LogP contribution in [0.3, 0.4) is 0 Å². The van der Waals surface area contributed by atoms with Crippen molar-refractivity contribution in [1.29, 1.82) is 0 Å². The molecule has 90 valence electrons. The molecule has 0 radical (unpaired) electrons. The van der Waals surface area contributed by atoms with Crippen LogP contribution in [0.5, 0.6) is 0 Å². The Labute approximate surface area is 89.4 Å². The van der Waals surface area contributed by atoms with Crippen molar-refractivity contribution in [3.05, 3.63) is 0 Å². The van der Waals surface area contributed by atoms with E-state index >= 15 is 0 Å². The largest absolute Gasteiger partial charge is 0.480 e. The van der Waals surface area contributed by atoms with Crippen LogP contribution in [0.25, 0.3) is 0 Å². The summed E-state index contributed by atoms with van der Waals surface area (Å²) in [5.74, 6) is -1.47. The summed E-state index contributed by atoms with van der Waals surface area (Å²) in [6.45, 7) is 3.30. The highest BCUT2D eigenvalue weighted by Gasteiger charge is 2.15. The van der Waals surface area contributed by atoms with Crippen LogP contribution in [0.1, 0.15) is 20.3 Å². The number of nitrogens with one attached hydrogen (secondary N) is 1. The summed E-state index contributed by atoms with van der Waals surface area (Å²) in [6.07, 6.45) is 0.493. The second-order valence-corrected chi connectivity index (χ2v) is 5.26. The molecule has 0 saturated heterocycles. The topological polar surface area (TPSA) is 104 Å². The number of aliphatic carboxylic acids is 1. The average molecular weight is 239 g/mol. The van der Waals surface area contributed by atoms with Crippen LogP contribution in [0.2, 0.25) is 0 Å². The first-order valence-electron chi connectivity index (χ1n) is 4.61. The fourth-order valence-corrected chi connectivity index (χ4v) is 2.23. The zero-order valence-electron chi connectivity index (χ0n) is 8.80. The summed E-state index contributed by atoms with van der Waals surface area (Å²) in [7, 11) is -3.94. The van der Waals surface area contributed by atoms with Gasteiger partial charge in [0.05, 0.1) is 12.3 Å². The molecule has 0 aromatic carbocycles. The third-order valence-electron chi connectivity index (χ3n) is 1.85. The maximum Gasteiger partial charge on any atom is 0.317 e. The van der Waals surface area contributed by atoms with Gasteiger partial charge in [-0.05, 0) is 19.3 Å². The molecule has 0 aliphatic heterocycles. The Balaban J connectivity index is 3.86. The summed E-state index contributed by atoms with van der Waals surface area (Å²) in [5, 5.41) is 11.1. The summed E-state index contributed by atoms with van der Waals surface area (Å²) >= 11 is 0. The number of hydrogen-bond acceptors (Lipinski definition) is 4. The van der Waals surface area contributed by atoms with Crippen LogP contribution in [0, 0.1) is 5.92 Å². The van der Waals surface area contributed by atoms with E-state index in [2.05, 4.69) is 5.32 Å². The van der Waals surface area contributed by atoms with Crippen molar-refractivity contribution in [2.45, 2.75) is 26.3 Å². The minimum atomic E-state index is -3.94. The van der Waals surface area contributed by atoms with Crippen LogP contribution >= 0.6 is 0 Å². The smallest absolute Gasteiger partial charge is 0.317 e. The summed E-state index contributed by atoms with van der Waals surface area (Å²) in [4.78, 5) is 10.2. The maximum atomic E-state index is 10.5. The van der Waals surface area contributed by atoms with Crippen molar-refractivity contribution in [2.24, 2.45) is 5.92 Å². The zero-order chi connectivity index (χ0) is 12.1. The molecule has 2 unspecified atom stereocenters. The first kappa shape index (κ1) is 14.3. The molecule has 0 aliphatic carbocycles. The molecule has 0 aromatic heterocycles. The van der Waals surface area contributed by atoms with E-state index < -0.39 is 16.1 Å². The van der Waals surface area contributed by atoms with E-state index in [1.807, 2.05) is 0 Å². The Hall–Kier alpha value is -0.660. The fraction of sp³-hybridized carbons (Fsp3) is 0.875. The number of rotatable bonds is 7. The molecule has 0 heterocycles. The van der Waals surface area contributed by atoms with Crippen molar-refractivity contribution in [1.82, 2.24) is 5.32 Å². The van der Waals surface area contributed by atoms with Crippen molar-refractivity contribution >= 4 is 16.1 Å². The van der Waals surface area contributed by atoms with Gasteiger partial charge in [0.25, 0.3) is 10.1 Å². The van der Waals surface area contributed by atoms with Gasteiger partial charge in [-0.15, -0.1) is 0 Å². The molecule has 6 nitrogen and oxygen atoms in total. The monoisotopic (exact) mass is 239 g/mol. The second-order valence-electron chi connectivity index (χ2n) is 3.77. The molecule has 0 aromatic rings. The van der Waals surface area contributed by atoms with Crippen LogP contribution in [-0.2, 0) is 14.9 Å². The molecule has 2 atom stereocenters.